The predicted octanol–water partition coefficient (Wildman–Crippen LogP) is 1.50. The summed E-state index contributed by atoms with van der Waals surface area (Å²) >= 11 is 0. The molecule has 0 aliphatic heterocycles. The SMILES string of the molecule is CCC(C)C(C)O[C]=O. The van der Waals surface area contributed by atoms with Gasteiger partial charge in [-0.2, -0.15) is 0 Å². The summed E-state index contributed by atoms with van der Waals surface area (Å²) in [7, 11) is 0. The van der Waals surface area contributed by atoms with E-state index in [0.717, 1.165) is 6.42 Å². The molecule has 0 amide bonds. The van der Waals surface area contributed by atoms with Crippen LogP contribution in [0.15, 0.2) is 0 Å². The molecular formula is C7H13O2. The van der Waals surface area contributed by atoms with E-state index in [0.29, 0.717) is 5.92 Å². The predicted molar refractivity (Wildman–Crippen MR) is 35.7 cm³/mol. The highest BCUT2D eigenvalue weighted by Gasteiger charge is 2.09. The summed E-state index contributed by atoms with van der Waals surface area (Å²) in [6, 6.07) is 0. The molecule has 0 aromatic heterocycles. The quantitative estimate of drug-likeness (QED) is 0.575. The molecule has 9 heavy (non-hydrogen) atoms. The smallest absolute Gasteiger partial charge is 0.417 e. The van der Waals surface area contributed by atoms with Crippen LogP contribution < -0.4 is 0 Å². The summed E-state index contributed by atoms with van der Waals surface area (Å²) in [5.74, 6) is 0.437. The Bertz CT molecular complexity index is 81.0. The van der Waals surface area contributed by atoms with E-state index in [1.807, 2.05) is 13.8 Å². The van der Waals surface area contributed by atoms with Gasteiger partial charge >= 0.3 is 6.47 Å². The van der Waals surface area contributed by atoms with Crippen molar-refractivity contribution in [3.05, 3.63) is 0 Å². The zero-order chi connectivity index (χ0) is 7.28. The van der Waals surface area contributed by atoms with Gasteiger partial charge in [-0.25, -0.2) is 4.79 Å². The number of hydrogen-bond donors (Lipinski definition) is 0. The summed E-state index contributed by atoms with van der Waals surface area (Å²) in [4.78, 5) is 9.69. The van der Waals surface area contributed by atoms with Crippen molar-refractivity contribution in [1.82, 2.24) is 0 Å². The number of hydrogen-bond acceptors (Lipinski definition) is 2. The molecule has 0 aliphatic carbocycles. The van der Waals surface area contributed by atoms with Crippen LogP contribution in [0.25, 0.3) is 0 Å². The number of ether oxygens (including phenoxy) is 1. The van der Waals surface area contributed by atoms with E-state index in [-0.39, 0.29) is 6.10 Å². The van der Waals surface area contributed by atoms with Gasteiger partial charge in [0.2, 0.25) is 0 Å². The lowest BCUT2D eigenvalue weighted by atomic mass is 10.0. The van der Waals surface area contributed by atoms with Crippen molar-refractivity contribution in [1.29, 1.82) is 0 Å². The van der Waals surface area contributed by atoms with Gasteiger partial charge in [-0.05, 0) is 12.8 Å². The molecule has 2 heteroatoms. The first kappa shape index (κ1) is 8.47. The molecule has 1 radical (unpaired) electrons. The van der Waals surface area contributed by atoms with Crippen LogP contribution in [0, 0.1) is 5.92 Å². The Morgan fingerprint density at radius 1 is 1.56 bits per heavy atom. The Hall–Kier alpha value is -0.530. The molecule has 0 rings (SSSR count). The molecule has 0 aromatic rings. The van der Waals surface area contributed by atoms with Crippen LogP contribution in [0.4, 0.5) is 0 Å². The molecule has 0 saturated carbocycles. The zero-order valence-corrected chi connectivity index (χ0v) is 6.18. The fraction of sp³-hybridized carbons (Fsp3) is 0.857. The molecule has 2 atom stereocenters. The van der Waals surface area contributed by atoms with Gasteiger partial charge in [0.05, 0.1) is 0 Å². The average molecular weight is 129 g/mol. The first-order chi connectivity index (χ1) is 4.22. The Morgan fingerprint density at radius 2 is 2.11 bits per heavy atom. The topological polar surface area (TPSA) is 26.3 Å². The largest absolute Gasteiger partial charge is 0.454 e. The Balaban J connectivity index is 3.44. The van der Waals surface area contributed by atoms with Gasteiger partial charge in [0.1, 0.15) is 6.10 Å². The van der Waals surface area contributed by atoms with Crippen LogP contribution >= 0.6 is 0 Å². The van der Waals surface area contributed by atoms with E-state index in [2.05, 4.69) is 11.7 Å². The van der Waals surface area contributed by atoms with Gasteiger partial charge < -0.3 is 4.74 Å². The van der Waals surface area contributed by atoms with Crippen LogP contribution in [-0.2, 0) is 9.53 Å². The average Bonchev–Trinajstić information content (AvgIpc) is 1.87. The molecule has 0 aromatic carbocycles. The van der Waals surface area contributed by atoms with Crippen LogP contribution in [0.2, 0.25) is 0 Å². The first-order valence-corrected chi connectivity index (χ1v) is 3.25. The Kier molecular flexibility index (Phi) is 4.10. The highest BCUT2D eigenvalue weighted by molar-refractivity contribution is 5.38. The molecule has 2 unspecified atom stereocenters. The fourth-order valence-corrected chi connectivity index (χ4v) is 0.524. The minimum absolute atomic E-state index is 0.00694. The van der Waals surface area contributed by atoms with Crippen LogP contribution in [0.3, 0.4) is 0 Å². The molecule has 0 spiro atoms. The molecule has 53 valence electrons. The molecule has 0 saturated heterocycles. The van der Waals surface area contributed by atoms with Crippen molar-refractivity contribution in [3.63, 3.8) is 0 Å². The zero-order valence-electron chi connectivity index (χ0n) is 6.18. The second-order valence-electron chi connectivity index (χ2n) is 2.29. The first-order valence-electron chi connectivity index (χ1n) is 3.25. The van der Waals surface area contributed by atoms with Gasteiger partial charge in [0, 0.05) is 0 Å². The van der Waals surface area contributed by atoms with Gasteiger partial charge in [-0.15, -0.1) is 0 Å². The Labute approximate surface area is 56.2 Å². The van der Waals surface area contributed by atoms with Crippen molar-refractivity contribution in [3.8, 4) is 0 Å². The van der Waals surface area contributed by atoms with E-state index >= 15 is 0 Å². The van der Waals surface area contributed by atoms with Gasteiger partial charge in [-0.3, -0.25) is 0 Å². The minimum atomic E-state index is 0.00694. The molecular weight excluding hydrogens is 116 g/mol. The molecule has 0 heterocycles. The van der Waals surface area contributed by atoms with E-state index in [4.69, 9.17) is 0 Å². The molecule has 0 N–H and O–H groups in total. The third-order valence-electron chi connectivity index (χ3n) is 1.68. The van der Waals surface area contributed by atoms with E-state index in [1.165, 1.54) is 6.47 Å². The lowest BCUT2D eigenvalue weighted by Crippen LogP contribution is -2.16. The lowest BCUT2D eigenvalue weighted by molar-refractivity contribution is 0.138. The number of carbonyl (C=O) groups excluding carboxylic acids is 1. The summed E-state index contributed by atoms with van der Waals surface area (Å²) in [6.07, 6.45) is 1.04. The Morgan fingerprint density at radius 3 is 2.44 bits per heavy atom. The van der Waals surface area contributed by atoms with Crippen molar-refractivity contribution < 1.29 is 9.53 Å². The van der Waals surface area contributed by atoms with Crippen molar-refractivity contribution in [2.24, 2.45) is 5.92 Å². The highest BCUT2D eigenvalue weighted by atomic mass is 16.5. The molecule has 0 fully saturated rings. The standard InChI is InChI=1S/C7H13O2/c1-4-6(2)7(3)9-5-8/h6-7H,4H2,1-3H3. The third-order valence-corrected chi connectivity index (χ3v) is 1.68. The summed E-state index contributed by atoms with van der Waals surface area (Å²) in [6.45, 7) is 7.42. The van der Waals surface area contributed by atoms with Crippen LogP contribution in [-0.4, -0.2) is 12.6 Å². The molecule has 2 nitrogen and oxygen atoms in total. The lowest BCUT2D eigenvalue weighted by Gasteiger charge is -2.14. The maximum atomic E-state index is 9.69. The maximum absolute atomic E-state index is 9.69. The summed E-state index contributed by atoms with van der Waals surface area (Å²) in [5.41, 5.74) is 0. The monoisotopic (exact) mass is 129 g/mol. The van der Waals surface area contributed by atoms with E-state index in [9.17, 15) is 4.79 Å². The highest BCUT2D eigenvalue weighted by Crippen LogP contribution is 2.08. The summed E-state index contributed by atoms with van der Waals surface area (Å²) in [5, 5.41) is 0. The second-order valence-corrected chi connectivity index (χ2v) is 2.29. The van der Waals surface area contributed by atoms with Crippen molar-refractivity contribution >= 4 is 6.47 Å². The van der Waals surface area contributed by atoms with Gasteiger partial charge in [-0.1, -0.05) is 20.3 Å². The molecule has 0 bridgehead atoms. The minimum Gasteiger partial charge on any atom is -0.454 e. The van der Waals surface area contributed by atoms with E-state index < -0.39 is 0 Å². The third kappa shape index (κ3) is 3.12. The van der Waals surface area contributed by atoms with Gasteiger partial charge in [0.25, 0.3) is 0 Å². The number of rotatable bonds is 4. The van der Waals surface area contributed by atoms with Crippen molar-refractivity contribution in [2.45, 2.75) is 33.3 Å². The van der Waals surface area contributed by atoms with Gasteiger partial charge in [0.15, 0.2) is 0 Å². The normalized spacial score (nSPS) is 16.3. The van der Waals surface area contributed by atoms with Crippen molar-refractivity contribution in [2.75, 3.05) is 0 Å². The second kappa shape index (κ2) is 4.36. The van der Waals surface area contributed by atoms with E-state index in [1.54, 1.807) is 0 Å². The van der Waals surface area contributed by atoms with Crippen LogP contribution in [0.1, 0.15) is 27.2 Å². The summed E-state index contributed by atoms with van der Waals surface area (Å²) < 4.78 is 4.59. The van der Waals surface area contributed by atoms with Crippen LogP contribution in [0.5, 0.6) is 0 Å². The molecule has 0 aliphatic rings. The fourth-order valence-electron chi connectivity index (χ4n) is 0.524. The maximum Gasteiger partial charge on any atom is 0.417 e.